The van der Waals surface area contributed by atoms with E-state index in [-0.39, 0.29) is 5.69 Å². The molecule has 154 valence electrons. The number of hydrogen-bond acceptors (Lipinski definition) is 6. The Bertz CT molecular complexity index is 1390. The van der Waals surface area contributed by atoms with Gasteiger partial charge in [-0.15, -0.1) is 0 Å². The molecule has 0 aliphatic heterocycles. The molecule has 3 heterocycles. The number of pyridine rings is 1. The second-order valence-corrected chi connectivity index (χ2v) is 7.11. The van der Waals surface area contributed by atoms with Crippen molar-refractivity contribution in [3.63, 3.8) is 0 Å². The van der Waals surface area contributed by atoms with E-state index in [1.165, 1.54) is 30.8 Å². The van der Waals surface area contributed by atoms with Crippen molar-refractivity contribution in [2.75, 3.05) is 7.11 Å². The summed E-state index contributed by atoms with van der Waals surface area (Å²) in [7, 11) is 2.46. The van der Waals surface area contributed by atoms with E-state index in [1.54, 1.807) is 24.4 Å². The molecule has 0 spiro atoms. The highest BCUT2D eigenvalue weighted by molar-refractivity contribution is 7.13. The van der Waals surface area contributed by atoms with Gasteiger partial charge in [-0.25, -0.2) is 9.36 Å². The fraction of sp³-hybridized carbons (Fsp3) is 0.158. The Balaban J connectivity index is 1.95. The summed E-state index contributed by atoms with van der Waals surface area (Å²) in [6, 6.07) is 8.47. The van der Waals surface area contributed by atoms with Gasteiger partial charge < -0.3 is 4.74 Å². The van der Waals surface area contributed by atoms with E-state index in [2.05, 4.69) is 9.36 Å². The number of rotatable bonds is 3. The molecular weight excluding hydrogens is 421 g/mol. The van der Waals surface area contributed by atoms with Gasteiger partial charge in [-0.3, -0.25) is 14.3 Å². The third-order valence-electron chi connectivity index (χ3n) is 4.54. The Morgan fingerprint density at radius 3 is 2.57 bits per heavy atom. The molecule has 30 heavy (non-hydrogen) atoms. The zero-order valence-electron chi connectivity index (χ0n) is 15.6. The lowest BCUT2D eigenvalue weighted by Gasteiger charge is -2.14. The lowest BCUT2D eigenvalue weighted by atomic mass is 10.1. The van der Waals surface area contributed by atoms with Crippen LogP contribution in [0.3, 0.4) is 0 Å². The van der Waals surface area contributed by atoms with Crippen molar-refractivity contribution in [3.8, 4) is 22.8 Å². The van der Waals surface area contributed by atoms with Crippen LogP contribution < -0.4 is 16.0 Å². The van der Waals surface area contributed by atoms with Crippen molar-refractivity contribution < 1.29 is 17.9 Å². The van der Waals surface area contributed by atoms with Crippen LogP contribution in [0.2, 0.25) is 0 Å². The molecule has 3 aromatic heterocycles. The molecule has 0 amide bonds. The van der Waals surface area contributed by atoms with Crippen molar-refractivity contribution in [2.24, 2.45) is 7.05 Å². The summed E-state index contributed by atoms with van der Waals surface area (Å²) in [6.45, 7) is 0. The van der Waals surface area contributed by atoms with Gasteiger partial charge in [0.25, 0.3) is 5.56 Å². The quantitative estimate of drug-likeness (QED) is 0.495. The Kier molecular flexibility index (Phi) is 4.69. The van der Waals surface area contributed by atoms with Gasteiger partial charge in [0, 0.05) is 24.7 Å². The number of methoxy groups -OCH3 is 1. The molecule has 0 aliphatic rings. The lowest BCUT2D eigenvalue weighted by Crippen LogP contribution is -2.40. The van der Waals surface area contributed by atoms with Crippen LogP contribution in [0.4, 0.5) is 13.2 Å². The number of ether oxygens (including phenoxy) is 1. The molecular formula is C19H13F3N4O3S. The van der Waals surface area contributed by atoms with E-state index >= 15 is 0 Å². The van der Waals surface area contributed by atoms with Crippen LogP contribution in [0, 0.1) is 0 Å². The van der Waals surface area contributed by atoms with Crippen LogP contribution in [0.5, 0.6) is 5.75 Å². The number of benzene rings is 1. The van der Waals surface area contributed by atoms with E-state index in [1.807, 2.05) is 0 Å². The normalized spacial score (nSPS) is 11.8. The van der Waals surface area contributed by atoms with E-state index < -0.39 is 23.1 Å². The number of fused-ring (bicyclic) bond motifs is 1. The summed E-state index contributed by atoms with van der Waals surface area (Å²) >= 11 is 1.18. The van der Waals surface area contributed by atoms with Gasteiger partial charge in [-0.05, 0) is 41.9 Å². The van der Waals surface area contributed by atoms with E-state index in [0.29, 0.717) is 37.7 Å². The smallest absolute Gasteiger partial charge is 0.431 e. The molecule has 0 fully saturated rings. The van der Waals surface area contributed by atoms with Crippen LogP contribution in [-0.4, -0.2) is 25.6 Å². The number of halogens is 3. The Morgan fingerprint density at radius 2 is 1.87 bits per heavy atom. The van der Waals surface area contributed by atoms with E-state index in [0.717, 1.165) is 11.7 Å². The molecule has 1 aromatic carbocycles. The predicted octanol–water partition coefficient (Wildman–Crippen LogP) is 3.24. The summed E-state index contributed by atoms with van der Waals surface area (Å²) in [6.07, 6.45) is -3.25. The monoisotopic (exact) mass is 434 g/mol. The zero-order chi connectivity index (χ0) is 21.6. The first kappa shape index (κ1) is 19.8. The molecule has 7 nitrogen and oxygen atoms in total. The zero-order valence-corrected chi connectivity index (χ0v) is 16.4. The largest absolute Gasteiger partial charge is 0.494 e. The summed E-state index contributed by atoms with van der Waals surface area (Å²) < 4.78 is 50.8. The van der Waals surface area contributed by atoms with Crippen molar-refractivity contribution >= 4 is 21.6 Å². The standard InChI is InChI=1S/C19H13F3N4O3S/c1-25-14(19(20,21)22)9-15(27)26(18(25)28)10-5-6-13-11(8-10)16(24-30-13)17-12(29-2)4-3-7-23-17/h3-9H,1-2H3. The molecule has 0 aliphatic carbocycles. The van der Waals surface area contributed by atoms with Gasteiger partial charge in [0.05, 0.1) is 17.5 Å². The third-order valence-corrected chi connectivity index (χ3v) is 5.36. The number of alkyl halides is 3. The molecule has 0 radical (unpaired) electrons. The van der Waals surface area contributed by atoms with Crippen LogP contribution >= 0.6 is 11.5 Å². The maximum atomic E-state index is 13.1. The highest BCUT2D eigenvalue weighted by Gasteiger charge is 2.35. The SMILES string of the molecule is COc1cccnc1-c1nsc2ccc(-n3c(=O)cc(C(F)(F)F)n(C)c3=O)cc12. The Hall–Kier alpha value is -3.47. The van der Waals surface area contributed by atoms with Crippen LogP contribution in [-0.2, 0) is 13.2 Å². The highest BCUT2D eigenvalue weighted by Crippen LogP contribution is 2.35. The first-order valence-electron chi connectivity index (χ1n) is 8.52. The second-order valence-electron chi connectivity index (χ2n) is 6.31. The second kappa shape index (κ2) is 7.10. The first-order valence-corrected chi connectivity index (χ1v) is 9.29. The maximum Gasteiger partial charge on any atom is 0.431 e. The van der Waals surface area contributed by atoms with E-state index in [9.17, 15) is 22.8 Å². The first-order chi connectivity index (χ1) is 14.2. The third kappa shape index (κ3) is 3.16. The molecule has 11 heteroatoms. The lowest BCUT2D eigenvalue weighted by molar-refractivity contribution is -0.144. The number of aromatic nitrogens is 4. The van der Waals surface area contributed by atoms with Crippen molar-refractivity contribution in [2.45, 2.75) is 6.18 Å². The van der Waals surface area contributed by atoms with Crippen molar-refractivity contribution in [1.82, 2.24) is 18.5 Å². The molecule has 0 bridgehead atoms. The molecule has 4 rings (SSSR count). The molecule has 0 atom stereocenters. The fourth-order valence-corrected chi connectivity index (χ4v) is 3.86. The summed E-state index contributed by atoms with van der Waals surface area (Å²) in [5.41, 5.74) is -2.43. The Labute approximate surface area is 170 Å². The molecule has 0 N–H and O–H groups in total. The predicted molar refractivity (Wildman–Crippen MR) is 105 cm³/mol. The molecule has 4 aromatic rings. The summed E-state index contributed by atoms with van der Waals surface area (Å²) in [5, 5.41) is 0.586. The summed E-state index contributed by atoms with van der Waals surface area (Å²) in [5.74, 6) is 0.484. The van der Waals surface area contributed by atoms with Gasteiger partial charge in [-0.2, -0.15) is 17.5 Å². The minimum atomic E-state index is -4.82. The van der Waals surface area contributed by atoms with Crippen LogP contribution in [0.15, 0.2) is 52.2 Å². The Morgan fingerprint density at radius 1 is 1.10 bits per heavy atom. The van der Waals surface area contributed by atoms with Crippen LogP contribution in [0.1, 0.15) is 5.69 Å². The minimum Gasteiger partial charge on any atom is -0.494 e. The van der Waals surface area contributed by atoms with Crippen molar-refractivity contribution in [1.29, 1.82) is 0 Å². The van der Waals surface area contributed by atoms with E-state index in [4.69, 9.17) is 4.74 Å². The number of nitrogens with zero attached hydrogens (tertiary/aromatic N) is 4. The van der Waals surface area contributed by atoms with Crippen LogP contribution in [0.25, 0.3) is 27.2 Å². The maximum absolute atomic E-state index is 13.1. The van der Waals surface area contributed by atoms with Gasteiger partial charge in [0.2, 0.25) is 0 Å². The van der Waals surface area contributed by atoms with Gasteiger partial charge in [0.15, 0.2) is 0 Å². The van der Waals surface area contributed by atoms with Gasteiger partial charge >= 0.3 is 11.9 Å². The molecule has 0 saturated carbocycles. The molecule has 0 saturated heterocycles. The van der Waals surface area contributed by atoms with Gasteiger partial charge in [-0.1, -0.05) is 0 Å². The number of hydrogen-bond donors (Lipinski definition) is 0. The van der Waals surface area contributed by atoms with Gasteiger partial charge in [0.1, 0.15) is 22.8 Å². The summed E-state index contributed by atoms with van der Waals surface area (Å²) in [4.78, 5) is 29.3. The topological polar surface area (TPSA) is 79.0 Å². The minimum absolute atomic E-state index is 0.123. The average Bonchev–Trinajstić information content (AvgIpc) is 3.13. The van der Waals surface area contributed by atoms with Crippen molar-refractivity contribution in [3.05, 3.63) is 69.1 Å². The fourth-order valence-electron chi connectivity index (χ4n) is 3.10. The highest BCUT2D eigenvalue weighted by atomic mass is 32.1. The average molecular weight is 434 g/mol. The molecule has 0 unspecified atom stereocenters.